The minimum absolute atomic E-state index is 0.0446. The fourth-order valence-electron chi connectivity index (χ4n) is 5.09. The average molecular weight is 379 g/mol. The summed E-state index contributed by atoms with van der Waals surface area (Å²) in [6.45, 7) is 5.50. The molecule has 2 aliphatic carbocycles. The van der Waals surface area contributed by atoms with Crippen molar-refractivity contribution in [1.29, 1.82) is 0 Å². The second-order valence-corrected chi connectivity index (χ2v) is 9.20. The van der Waals surface area contributed by atoms with Crippen LogP contribution in [0, 0.1) is 5.92 Å². The van der Waals surface area contributed by atoms with E-state index in [2.05, 4.69) is 4.90 Å². The van der Waals surface area contributed by atoms with Crippen molar-refractivity contribution in [2.45, 2.75) is 76.3 Å². The van der Waals surface area contributed by atoms with E-state index in [1.54, 1.807) is 0 Å². The Labute approximate surface area is 164 Å². The first kappa shape index (κ1) is 20.6. The van der Waals surface area contributed by atoms with Gasteiger partial charge < -0.3 is 15.5 Å². The molecule has 0 bridgehead atoms. The lowest BCUT2D eigenvalue weighted by Gasteiger charge is -2.42. The second-order valence-electron chi connectivity index (χ2n) is 9.20. The number of nitrogens with two attached hydrogens (primary N) is 1. The highest BCUT2D eigenvalue weighted by Crippen LogP contribution is 2.33. The first-order valence-electron chi connectivity index (χ1n) is 10.9. The molecular weight excluding hydrogens is 340 g/mol. The van der Waals surface area contributed by atoms with Gasteiger partial charge in [0.25, 0.3) is 0 Å². The van der Waals surface area contributed by atoms with Gasteiger partial charge in [-0.15, -0.1) is 0 Å². The van der Waals surface area contributed by atoms with Crippen molar-refractivity contribution in [3.63, 3.8) is 0 Å². The van der Waals surface area contributed by atoms with Crippen LogP contribution in [0.1, 0.15) is 64.7 Å². The Bertz CT molecular complexity index is 522. The van der Waals surface area contributed by atoms with Gasteiger partial charge in [-0.1, -0.05) is 32.1 Å². The number of carbonyl (C=O) groups excluding carboxylic acids is 2. The zero-order valence-corrected chi connectivity index (χ0v) is 17.3. The highest BCUT2D eigenvalue weighted by Gasteiger charge is 2.40. The summed E-state index contributed by atoms with van der Waals surface area (Å²) in [6, 6.07) is 0.419. The lowest BCUT2D eigenvalue weighted by molar-refractivity contribution is -0.141. The van der Waals surface area contributed by atoms with Crippen LogP contribution in [0.25, 0.3) is 0 Å². The van der Waals surface area contributed by atoms with Gasteiger partial charge in [-0.3, -0.25) is 14.5 Å². The Hall–Kier alpha value is -1.14. The number of amides is 2. The Morgan fingerprint density at radius 2 is 1.63 bits per heavy atom. The molecule has 0 aromatic heterocycles. The van der Waals surface area contributed by atoms with E-state index in [0.717, 1.165) is 51.6 Å². The van der Waals surface area contributed by atoms with Gasteiger partial charge in [-0.2, -0.15) is 0 Å². The molecule has 6 heteroatoms. The van der Waals surface area contributed by atoms with E-state index in [0.29, 0.717) is 25.7 Å². The maximum atomic E-state index is 13.0. The molecule has 0 radical (unpaired) electrons. The van der Waals surface area contributed by atoms with Gasteiger partial charge in [-0.05, 0) is 32.6 Å². The summed E-state index contributed by atoms with van der Waals surface area (Å²) in [6.07, 6.45) is 10.1. The highest BCUT2D eigenvalue weighted by atomic mass is 16.2. The van der Waals surface area contributed by atoms with Gasteiger partial charge in [0.15, 0.2) is 0 Å². The number of likely N-dealkylation sites (N-methyl/N-ethyl adjacent to an activating group) is 1. The molecule has 3 aliphatic rings. The summed E-state index contributed by atoms with van der Waals surface area (Å²) in [5.41, 5.74) is 6.05. The summed E-state index contributed by atoms with van der Waals surface area (Å²) in [7, 11) is 1.96. The summed E-state index contributed by atoms with van der Waals surface area (Å²) in [4.78, 5) is 31.8. The zero-order chi connectivity index (χ0) is 19.4. The van der Waals surface area contributed by atoms with Crippen LogP contribution in [0.2, 0.25) is 0 Å². The maximum Gasteiger partial charge on any atom is 0.236 e. The van der Waals surface area contributed by atoms with E-state index in [1.165, 1.54) is 19.3 Å². The predicted octanol–water partition coefficient (Wildman–Crippen LogP) is 1.83. The third-order valence-corrected chi connectivity index (χ3v) is 7.11. The van der Waals surface area contributed by atoms with Gasteiger partial charge in [0, 0.05) is 44.8 Å². The lowest BCUT2D eigenvalue weighted by Crippen LogP contribution is -2.58. The van der Waals surface area contributed by atoms with Crippen molar-refractivity contribution < 1.29 is 9.59 Å². The fourth-order valence-corrected chi connectivity index (χ4v) is 5.09. The number of carbonyl (C=O) groups is 2. The molecule has 1 aliphatic heterocycles. The van der Waals surface area contributed by atoms with E-state index in [-0.39, 0.29) is 23.3 Å². The summed E-state index contributed by atoms with van der Waals surface area (Å²) < 4.78 is 0. The Kier molecular flexibility index (Phi) is 6.79. The number of hydrogen-bond donors (Lipinski definition) is 1. The van der Waals surface area contributed by atoms with Crippen molar-refractivity contribution in [3.05, 3.63) is 0 Å². The third-order valence-electron chi connectivity index (χ3n) is 7.11. The smallest absolute Gasteiger partial charge is 0.236 e. The maximum absolute atomic E-state index is 13.0. The first-order valence-corrected chi connectivity index (χ1v) is 10.9. The molecule has 6 nitrogen and oxygen atoms in total. The first-order chi connectivity index (χ1) is 12.9. The van der Waals surface area contributed by atoms with E-state index < -0.39 is 0 Å². The standard InChI is InChI=1S/C21H38N4O2/c1-21(22)11-7-6-10-18(21)20(27)25-14-12-24(13-15-25)16-19(26)23(2)17-8-4-3-5-9-17/h17-18H,3-16,22H2,1-2H3. The van der Waals surface area contributed by atoms with Gasteiger partial charge in [0.2, 0.25) is 11.8 Å². The highest BCUT2D eigenvalue weighted by molar-refractivity contribution is 5.81. The van der Waals surface area contributed by atoms with Crippen molar-refractivity contribution in [2.75, 3.05) is 39.8 Å². The predicted molar refractivity (Wildman–Crippen MR) is 107 cm³/mol. The molecule has 3 fully saturated rings. The monoisotopic (exact) mass is 378 g/mol. The van der Waals surface area contributed by atoms with Gasteiger partial charge >= 0.3 is 0 Å². The molecule has 3 rings (SSSR count). The molecule has 154 valence electrons. The largest absolute Gasteiger partial charge is 0.342 e. The fraction of sp³-hybridized carbons (Fsp3) is 0.905. The van der Waals surface area contributed by atoms with Gasteiger partial charge in [0.1, 0.15) is 0 Å². The molecule has 0 aromatic rings. The quantitative estimate of drug-likeness (QED) is 0.810. The molecule has 2 N–H and O–H groups in total. The summed E-state index contributed by atoms with van der Waals surface area (Å²) in [5, 5.41) is 0. The van der Waals surface area contributed by atoms with Crippen LogP contribution < -0.4 is 5.73 Å². The second kappa shape index (κ2) is 8.91. The van der Waals surface area contributed by atoms with Gasteiger partial charge in [-0.25, -0.2) is 0 Å². The Morgan fingerprint density at radius 1 is 1.00 bits per heavy atom. The number of hydrogen-bond acceptors (Lipinski definition) is 4. The van der Waals surface area contributed by atoms with E-state index in [9.17, 15) is 9.59 Å². The normalized spacial score (nSPS) is 30.9. The van der Waals surface area contributed by atoms with Crippen LogP contribution in [0.5, 0.6) is 0 Å². The molecule has 27 heavy (non-hydrogen) atoms. The molecule has 1 saturated heterocycles. The van der Waals surface area contributed by atoms with Crippen LogP contribution in [-0.2, 0) is 9.59 Å². The van der Waals surface area contributed by atoms with Crippen LogP contribution >= 0.6 is 0 Å². The molecular formula is C21H38N4O2. The van der Waals surface area contributed by atoms with Crippen LogP contribution in [0.4, 0.5) is 0 Å². The van der Waals surface area contributed by atoms with E-state index in [1.807, 2.05) is 23.8 Å². The molecule has 0 aromatic carbocycles. The van der Waals surface area contributed by atoms with Crippen molar-refractivity contribution in [3.8, 4) is 0 Å². The summed E-state index contributed by atoms with van der Waals surface area (Å²) in [5.74, 6) is 0.408. The summed E-state index contributed by atoms with van der Waals surface area (Å²) >= 11 is 0. The van der Waals surface area contributed by atoms with Crippen LogP contribution in [0.15, 0.2) is 0 Å². The number of nitrogens with zero attached hydrogens (tertiary/aromatic N) is 3. The molecule has 2 unspecified atom stereocenters. The van der Waals surface area contributed by atoms with Crippen molar-refractivity contribution >= 4 is 11.8 Å². The van der Waals surface area contributed by atoms with Crippen LogP contribution in [0.3, 0.4) is 0 Å². The number of rotatable bonds is 4. The minimum atomic E-state index is -0.370. The molecule has 0 spiro atoms. The third kappa shape index (κ3) is 5.02. The Morgan fingerprint density at radius 3 is 2.26 bits per heavy atom. The molecule has 2 amide bonds. The van der Waals surface area contributed by atoms with Crippen LogP contribution in [-0.4, -0.2) is 77.9 Å². The van der Waals surface area contributed by atoms with Crippen molar-refractivity contribution in [2.24, 2.45) is 11.7 Å². The average Bonchev–Trinajstić information content (AvgIpc) is 2.68. The minimum Gasteiger partial charge on any atom is -0.342 e. The van der Waals surface area contributed by atoms with Crippen molar-refractivity contribution in [1.82, 2.24) is 14.7 Å². The lowest BCUT2D eigenvalue weighted by atomic mass is 9.74. The van der Waals surface area contributed by atoms with E-state index >= 15 is 0 Å². The zero-order valence-electron chi connectivity index (χ0n) is 17.3. The molecule has 2 saturated carbocycles. The Balaban J connectivity index is 1.45. The van der Waals surface area contributed by atoms with Gasteiger partial charge in [0.05, 0.1) is 12.5 Å². The topological polar surface area (TPSA) is 69.9 Å². The molecule has 1 heterocycles. The van der Waals surface area contributed by atoms with E-state index in [4.69, 9.17) is 5.73 Å². The molecule has 2 atom stereocenters. The SMILES string of the molecule is CN(C(=O)CN1CCN(C(=O)C2CCCCC2(C)N)CC1)C1CCCCC1. The number of piperazine rings is 1.